The third-order valence-corrected chi connectivity index (χ3v) is 9.26. The normalized spacial score (nSPS) is 11.5. The molecule has 6 nitrogen and oxygen atoms in total. The number of carboxylic acids is 2. The number of halogens is 8. The Morgan fingerprint density at radius 2 is 1.02 bits per heavy atom. The maximum absolute atomic E-state index is 12.8. The molecule has 0 aliphatic heterocycles. The van der Waals surface area contributed by atoms with Gasteiger partial charge in [-0.05, 0) is 107 Å². The number of aromatic nitrogens is 2. The number of carbonyl (C=O) groups is 2. The zero-order chi connectivity index (χ0) is 48.2. The van der Waals surface area contributed by atoms with E-state index in [1.807, 2.05) is 60.7 Å². The summed E-state index contributed by atoms with van der Waals surface area (Å²) in [5.41, 5.74) is 11.6. The van der Waals surface area contributed by atoms with E-state index in [0.717, 1.165) is 75.7 Å². The van der Waals surface area contributed by atoms with Crippen LogP contribution >= 0.6 is 31.4 Å². The molecule has 0 aliphatic rings. The molecule has 346 valence electrons. The predicted octanol–water partition coefficient (Wildman–Crippen LogP) is 15.3. The summed E-state index contributed by atoms with van der Waals surface area (Å²) in [7, 11) is 0. The summed E-state index contributed by atoms with van der Waals surface area (Å²) in [5, 5.41) is 17.5. The molecule has 2 aromatic heterocycles. The van der Waals surface area contributed by atoms with E-state index < -0.39 is 36.1 Å². The Hall–Kier alpha value is -3.47. The first kappa shape index (κ1) is 60.5. The van der Waals surface area contributed by atoms with E-state index in [4.69, 9.17) is 41.4 Å². The molecule has 4 aromatic carbocycles. The van der Waals surface area contributed by atoms with E-state index in [9.17, 15) is 26.3 Å². The third kappa shape index (κ3) is 22.1. The van der Waals surface area contributed by atoms with Crippen LogP contribution in [0.3, 0.4) is 0 Å². The van der Waals surface area contributed by atoms with Gasteiger partial charge in [0.2, 0.25) is 0 Å². The van der Waals surface area contributed by atoms with Crippen LogP contribution in [0.2, 0.25) is 5.02 Å². The predicted molar refractivity (Wildman–Crippen MR) is 248 cm³/mol. The first-order chi connectivity index (χ1) is 29.3. The monoisotopic (exact) mass is 1170 g/mol. The van der Waals surface area contributed by atoms with Crippen LogP contribution < -0.4 is 0 Å². The van der Waals surface area contributed by atoms with Gasteiger partial charge in [0.1, 0.15) is 0 Å². The number of alkyl halides is 6. The molecule has 0 aliphatic carbocycles. The Labute approximate surface area is 411 Å². The van der Waals surface area contributed by atoms with E-state index >= 15 is 0 Å². The third-order valence-electron chi connectivity index (χ3n) is 8.93. The number of benzene rings is 4. The summed E-state index contributed by atoms with van der Waals surface area (Å²) in [6, 6.07) is 32.3. The van der Waals surface area contributed by atoms with Gasteiger partial charge >= 0.3 is 46.9 Å². The van der Waals surface area contributed by atoms with Crippen molar-refractivity contribution in [3.05, 3.63) is 137 Å². The Morgan fingerprint density at radius 3 is 1.38 bits per heavy atom. The molecule has 2 N–H and O–H groups in total. The van der Waals surface area contributed by atoms with Crippen molar-refractivity contribution in [1.82, 2.24) is 9.97 Å². The van der Waals surface area contributed by atoms with Gasteiger partial charge in [0.25, 0.3) is 11.9 Å². The van der Waals surface area contributed by atoms with Crippen LogP contribution in [0.1, 0.15) is 68.4 Å². The van der Waals surface area contributed by atoms with Crippen molar-refractivity contribution in [3.63, 3.8) is 0 Å². The van der Waals surface area contributed by atoms with E-state index in [1.165, 1.54) is 44.0 Å². The number of pyridine rings is 2. The second kappa shape index (κ2) is 29.2. The summed E-state index contributed by atoms with van der Waals surface area (Å²) >= 11 is 9.79. The molecule has 6 rings (SSSR count). The van der Waals surface area contributed by atoms with Crippen LogP contribution in [0.15, 0.2) is 97.1 Å². The number of rotatable bonds is 6. The number of aliphatic carboxylic acids is 2. The average molecular weight is 1170 g/mol. The maximum atomic E-state index is 12.8. The number of hydrogen-bond donors (Lipinski definition) is 2. The van der Waals surface area contributed by atoms with Gasteiger partial charge < -0.3 is 17.1 Å². The summed E-state index contributed by atoms with van der Waals surface area (Å²) in [5.74, 6) is -4.23. The molecule has 0 spiro atoms. The first-order valence-corrected chi connectivity index (χ1v) is 28.9. The van der Waals surface area contributed by atoms with Crippen molar-refractivity contribution in [2.75, 3.05) is 0 Å². The van der Waals surface area contributed by atoms with Crippen LogP contribution in [0.4, 0.5) is 26.3 Å². The molecule has 2 unspecified atom stereocenters. The molecule has 6 aromatic rings. The number of hydrogen-bond acceptors (Lipinski definition) is 4. The van der Waals surface area contributed by atoms with Gasteiger partial charge in [-0.1, -0.05) is 84.1 Å². The summed E-state index contributed by atoms with van der Waals surface area (Å²) < 4.78 is 72.5. The van der Waals surface area contributed by atoms with Crippen molar-refractivity contribution >= 4 is 65.1 Å². The number of aryl methyl sites for hydroxylation is 5. The van der Waals surface area contributed by atoms with Gasteiger partial charge in [-0.3, -0.25) is 9.59 Å². The van der Waals surface area contributed by atoms with E-state index in [1.54, 1.807) is 0 Å². The molecular formula is C48H52ClF6IN2O4PdZn. The minimum absolute atomic E-state index is 0. The molecule has 0 fully saturated rings. The van der Waals surface area contributed by atoms with Gasteiger partial charge in [0.05, 0.1) is 28.3 Å². The molecule has 16 heteroatoms. The SMILES string of the molecule is CC(=O)O.CC(=O)O.Cc1cc(C)cc(-c2ccc3c(CCC(C)C(F)(F)F)cccc3n2)c1.Cc1cc(C)cc(-c2ccc3c(Cl)cccc3n2)c1.[CH2-]CC(C)C(F)(F)F.[Pd].[Zn+][I]. The molecule has 2 heterocycles. The molecule has 64 heavy (non-hydrogen) atoms. The van der Waals surface area contributed by atoms with Gasteiger partial charge in [-0.25, -0.2) is 9.97 Å². The topological polar surface area (TPSA) is 100 Å². The van der Waals surface area contributed by atoms with Crippen molar-refractivity contribution in [3.8, 4) is 22.5 Å². The molecular weight excluding hydrogens is 1120 g/mol. The fourth-order valence-corrected chi connectivity index (χ4v) is 6.05. The molecule has 0 radical (unpaired) electrons. The van der Waals surface area contributed by atoms with Crippen LogP contribution in [0.5, 0.6) is 0 Å². The summed E-state index contributed by atoms with van der Waals surface area (Å²) in [6.07, 6.45) is -7.80. The Kier molecular flexibility index (Phi) is 27.6. The van der Waals surface area contributed by atoms with Crippen LogP contribution in [-0.4, -0.2) is 44.5 Å². The number of fused-ring (bicyclic) bond motifs is 2. The van der Waals surface area contributed by atoms with Crippen molar-refractivity contribution in [2.24, 2.45) is 11.8 Å². The first-order valence-electron chi connectivity index (χ1n) is 19.5. The van der Waals surface area contributed by atoms with E-state index in [-0.39, 0.29) is 33.3 Å². The molecule has 0 amide bonds. The molecule has 0 bridgehead atoms. The quantitative estimate of drug-likeness (QED) is 0.0746. The van der Waals surface area contributed by atoms with Gasteiger partial charge in [0.15, 0.2) is 0 Å². The molecule has 0 saturated carbocycles. The molecule has 2 atom stereocenters. The second-order valence-electron chi connectivity index (χ2n) is 14.7. The van der Waals surface area contributed by atoms with Crippen molar-refractivity contribution < 1.29 is 81.4 Å². The Balaban J connectivity index is 0.000000910. The van der Waals surface area contributed by atoms with Crippen LogP contribution in [0.25, 0.3) is 44.3 Å². The zero-order valence-electron chi connectivity index (χ0n) is 36.9. The summed E-state index contributed by atoms with van der Waals surface area (Å²) in [6.45, 7) is 16.0. The van der Waals surface area contributed by atoms with E-state index in [2.05, 4.69) is 90.8 Å². The Bertz CT molecular complexity index is 2340. The average Bonchev–Trinajstić information content (AvgIpc) is 3.18. The van der Waals surface area contributed by atoms with Crippen molar-refractivity contribution in [1.29, 1.82) is 0 Å². The number of carboxylic acid groups (broad SMARTS) is 2. The molecule has 0 saturated heterocycles. The second-order valence-corrected chi connectivity index (χ2v) is 15.1. The standard InChI is InChI=1S/C22H22F3N.C17H14ClN.C5H8F3.2C2H4O2.HI.Pd.Zn/c1-14-11-15(2)13-18(12-14)20-10-9-19-17(5-4-6-21(19)26-20)8-7-16(3)22(23,24)25;1-11-8-12(2)10-13(9-11)16-7-6-14-15(18)4-3-5-17(14)19-16;1-3-4(2)5(6,7)8;2*1-2(3)4;;;/h4-6,9-13,16H,7-8H2,1-3H3;3-10H,1-2H3;4H,1,3H2,2H3;2*1H3,(H,3,4);1H;;/q;;-1;;;;;+2/p-1. The van der Waals surface area contributed by atoms with Crippen LogP contribution in [-0.2, 0) is 51.2 Å². The zero-order valence-corrected chi connectivity index (χ0v) is 44.3. The van der Waals surface area contributed by atoms with Gasteiger partial charge in [0, 0.05) is 67.1 Å². The van der Waals surface area contributed by atoms with E-state index in [0.29, 0.717) is 6.42 Å². The van der Waals surface area contributed by atoms with Crippen LogP contribution in [0, 0.1) is 46.5 Å². The fraction of sp³-hybridized carbons (Fsp3) is 0.312. The van der Waals surface area contributed by atoms with Crippen molar-refractivity contribution in [2.45, 2.75) is 87.0 Å². The number of nitrogens with zero attached hydrogens (tertiary/aromatic N) is 2. The fourth-order valence-electron chi connectivity index (χ4n) is 5.82. The minimum atomic E-state index is -4.14. The van der Waals surface area contributed by atoms with Gasteiger partial charge in [-0.15, -0.1) is 0 Å². The van der Waals surface area contributed by atoms with Gasteiger partial charge in [-0.2, -0.15) is 32.8 Å². The summed E-state index contributed by atoms with van der Waals surface area (Å²) in [4.78, 5) is 27.4. The Morgan fingerprint density at radius 1 is 0.656 bits per heavy atom.